The highest BCUT2D eigenvalue weighted by Crippen LogP contribution is 2.40. The van der Waals surface area contributed by atoms with Gasteiger partial charge in [-0.2, -0.15) is 0 Å². The van der Waals surface area contributed by atoms with Gasteiger partial charge in [0, 0.05) is 28.4 Å². The van der Waals surface area contributed by atoms with E-state index in [2.05, 4.69) is 55.5 Å². The zero-order valence-electron chi connectivity index (χ0n) is 19.5. The van der Waals surface area contributed by atoms with Crippen LogP contribution in [-0.2, 0) is 24.3 Å². The lowest BCUT2D eigenvalue weighted by Gasteiger charge is -2.34. The number of nitrogens with zero attached hydrogens (tertiary/aromatic N) is 5. The third-order valence-electron chi connectivity index (χ3n) is 7.22. The lowest BCUT2D eigenvalue weighted by atomic mass is 9.94. The molecule has 0 bridgehead atoms. The van der Waals surface area contributed by atoms with Crippen LogP contribution < -0.4 is 5.32 Å². The predicted molar refractivity (Wildman–Crippen MR) is 140 cm³/mol. The number of piperidine rings is 1. The molecule has 0 saturated carbocycles. The monoisotopic (exact) mass is 492 g/mol. The minimum atomic E-state index is 0.164. The van der Waals surface area contributed by atoms with Crippen molar-refractivity contribution < 1.29 is 4.79 Å². The van der Waals surface area contributed by atoms with Crippen LogP contribution in [0.5, 0.6) is 0 Å². The molecule has 3 aliphatic heterocycles. The van der Waals surface area contributed by atoms with E-state index in [0.29, 0.717) is 12.5 Å². The highest BCUT2D eigenvalue weighted by molar-refractivity contribution is 7.98. The Morgan fingerprint density at radius 2 is 2.06 bits per heavy atom. The fourth-order valence-corrected chi connectivity index (χ4v) is 7.05. The van der Waals surface area contributed by atoms with Gasteiger partial charge >= 0.3 is 0 Å². The number of nitrogens with one attached hydrogen (secondary N) is 1. The maximum absolute atomic E-state index is 13.2. The summed E-state index contributed by atoms with van der Waals surface area (Å²) < 4.78 is 0. The summed E-state index contributed by atoms with van der Waals surface area (Å²) in [6.45, 7) is 4.23. The van der Waals surface area contributed by atoms with E-state index < -0.39 is 0 Å². The van der Waals surface area contributed by atoms with Crippen molar-refractivity contribution >= 4 is 56.9 Å². The van der Waals surface area contributed by atoms with Gasteiger partial charge in [0.2, 0.25) is 5.91 Å². The summed E-state index contributed by atoms with van der Waals surface area (Å²) in [5, 5.41) is 4.72. The second-order valence-electron chi connectivity index (χ2n) is 9.34. The summed E-state index contributed by atoms with van der Waals surface area (Å²) in [7, 11) is 2.14. The number of likely N-dealkylation sites (tertiary alicyclic amines) is 1. The molecule has 1 amide bonds. The molecule has 5 heterocycles. The fourth-order valence-electron chi connectivity index (χ4n) is 5.26. The average Bonchev–Trinajstić information content (AvgIpc) is 3.47. The fraction of sp³-hybridized carbons (Fsp3) is 0.440. The van der Waals surface area contributed by atoms with Crippen molar-refractivity contribution in [2.45, 2.75) is 37.2 Å². The van der Waals surface area contributed by atoms with E-state index in [1.54, 1.807) is 29.4 Å². The molecule has 0 atom stereocenters. The first-order valence-electron chi connectivity index (χ1n) is 11.8. The third kappa shape index (κ3) is 3.89. The van der Waals surface area contributed by atoms with E-state index in [1.165, 1.54) is 26.5 Å². The lowest BCUT2D eigenvalue weighted by molar-refractivity contribution is -0.137. The molecule has 9 heteroatoms. The molecule has 6 rings (SSSR count). The molecule has 3 aromatic rings. The number of hydrogen-bond acceptors (Lipinski definition) is 8. The minimum Gasteiger partial charge on any atom is -0.339 e. The Labute approximate surface area is 207 Å². The summed E-state index contributed by atoms with van der Waals surface area (Å²) >= 11 is 3.43. The molecule has 2 aromatic heterocycles. The van der Waals surface area contributed by atoms with Gasteiger partial charge in [0.15, 0.2) is 0 Å². The van der Waals surface area contributed by atoms with Gasteiger partial charge in [-0.15, -0.1) is 23.1 Å². The van der Waals surface area contributed by atoms with Gasteiger partial charge in [-0.25, -0.2) is 9.97 Å². The van der Waals surface area contributed by atoms with E-state index >= 15 is 0 Å². The summed E-state index contributed by atoms with van der Waals surface area (Å²) in [4.78, 5) is 34.7. The number of aromatic nitrogens is 2. The van der Waals surface area contributed by atoms with Gasteiger partial charge < -0.3 is 15.1 Å². The molecule has 3 aliphatic rings. The number of aliphatic imine (C=N–C) groups is 1. The molecular formula is C25H28N6OS2. The second kappa shape index (κ2) is 8.94. The zero-order chi connectivity index (χ0) is 23.2. The number of carbonyl (C=O) groups excluding carboxylic acids is 1. The molecule has 34 heavy (non-hydrogen) atoms. The molecule has 0 aliphatic carbocycles. The van der Waals surface area contributed by atoms with E-state index in [0.717, 1.165) is 67.2 Å². The maximum atomic E-state index is 13.2. The standard InChI is InChI=1S/C25H28N6OS2/c1-30-6-3-15(4-7-30)25(32)31-8-5-18-21(13-31)34-24-22(18)23(27-14-28-24)29-19-9-16-11-26-12-17(16)10-20(19)33-2/h9-11,14-15H,3-8,12-13H2,1-2H3,(H,27,28,29). The Hall–Kier alpha value is -2.49. The summed E-state index contributed by atoms with van der Waals surface area (Å²) in [5.41, 5.74) is 4.78. The topological polar surface area (TPSA) is 73.7 Å². The largest absolute Gasteiger partial charge is 0.339 e. The number of benzene rings is 1. The highest BCUT2D eigenvalue weighted by atomic mass is 32.2. The van der Waals surface area contributed by atoms with Crippen LogP contribution in [0.2, 0.25) is 0 Å². The Morgan fingerprint density at radius 3 is 2.88 bits per heavy atom. The Balaban J connectivity index is 1.29. The van der Waals surface area contributed by atoms with Crippen LogP contribution in [-0.4, -0.2) is 64.8 Å². The van der Waals surface area contributed by atoms with Crippen LogP contribution >= 0.6 is 23.1 Å². The van der Waals surface area contributed by atoms with Crippen LogP contribution in [0.1, 0.15) is 34.4 Å². The number of fused-ring (bicyclic) bond motifs is 4. The number of thioether (sulfide) groups is 1. The molecule has 0 unspecified atom stereocenters. The normalized spacial score (nSPS) is 18.4. The second-order valence-corrected chi connectivity index (χ2v) is 11.3. The first-order valence-corrected chi connectivity index (χ1v) is 13.8. The van der Waals surface area contributed by atoms with E-state index in [1.807, 2.05) is 6.21 Å². The Bertz CT molecular complexity index is 1290. The van der Waals surface area contributed by atoms with Crippen molar-refractivity contribution in [1.29, 1.82) is 0 Å². The van der Waals surface area contributed by atoms with Crippen molar-refractivity contribution in [3.63, 3.8) is 0 Å². The molecular weight excluding hydrogens is 464 g/mol. The van der Waals surface area contributed by atoms with Gasteiger partial charge in [0.1, 0.15) is 17.0 Å². The van der Waals surface area contributed by atoms with Crippen molar-refractivity contribution in [1.82, 2.24) is 19.8 Å². The first kappa shape index (κ1) is 22.0. The van der Waals surface area contributed by atoms with Gasteiger partial charge in [-0.3, -0.25) is 9.79 Å². The number of rotatable bonds is 4. The molecule has 7 nitrogen and oxygen atoms in total. The summed E-state index contributed by atoms with van der Waals surface area (Å²) in [6, 6.07) is 4.40. The Kier molecular flexibility index (Phi) is 5.79. The minimum absolute atomic E-state index is 0.164. The van der Waals surface area contributed by atoms with Gasteiger partial charge in [0.05, 0.1) is 24.2 Å². The SMILES string of the molecule is CSc1cc2c(cc1Nc1ncnc3sc4c(c13)CCN(C(=O)C1CCN(C)CC1)C4)C=NC2. The Morgan fingerprint density at radius 1 is 1.21 bits per heavy atom. The first-order chi connectivity index (χ1) is 16.6. The van der Waals surface area contributed by atoms with Crippen LogP contribution in [0.3, 0.4) is 0 Å². The number of amides is 1. The van der Waals surface area contributed by atoms with Crippen molar-refractivity contribution in [3.8, 4) is 0 Å². The van der Waals surface area contributed by atoms with Crippen molar-refractivity contribution in [2.24, 2.45) is 10.9 Å². The number of thiophene rings is 1. The van der Waals surface area contributed by atoms with Gasteiger partial charge in [-0.1, -0.05) is 0 Å². The molecule has 0 radical (unpaired) electrons. The van der Waals surface area contributed by atoms with Gasteiger partial charge in [0.25, 0.3) is 0 Å². The van der Waals surface area contributed by atoms with E-state index in [9.17, 15) is 4.79 Å². The average molecular weight is 493 g/mol. The molecule has 1 N–H and O–H groups in total. The summed E-state index contributed by atoms with van der Waals surface area (Å²) in [6.07, 6.45) is 8.47. The molecule has 0 spiro atoms. The van der Waals surface area contributed by atoms with Crippen molar-refractivity contribution in [2.75, 3.05) is 38.3 Å². The molecule has 176 valence electrons. The van der Waals surface area contributed by atoms with Crippen LogP contribution in [0, 0.1) is 5.92 Å². The third-order valence-corrected chi connectivity index (χ3v) is 9.13. The highest BCUT2D eigenvalue weighted by Gasteiger charge is 2.31. The molecule has 1 fully saturated rings. The lowest BCUT2D eigenvalue weighted by Crippen LogP contribution is -2.43. The smallest absolute Gasteiger partial charge is 0.226 e. The van der Waals surface area contributed by atoms with E-state index in [-0.39, 0.29) is 5.92 Å². The molecule has 1 aromatic carbocycles. The number of anilines is 2. The van der Waals surface area contributed by atoms with Crippen LogP contribution in [0.25, 0.3) is 10.2 Å². The summed E-state index contributed by atoms with van der Waals surface area (Å²) in [5.74, 6) is 1.34. The maximum Gasteiger partial charge on any atom is 0.226 e. The van der Waals surface area contributed by atoms with Crippen LogP contribution in [0.4, 0.5) is 11.5 Å². The van der Waals surface area contributed by atoms with Crippen molar-refractivity contribution in [3.05, 3.63) is 40.0 Å². The van der Waals surface area contributed by atoms with Crippen LogP contribution in [0.15, 0.2) is 28.3 Å². The number of carbonyl (C=O) groups is 1. The van der Waals surface area contributed by atoms with Gasteiger partial charge in [-0.05, 0) is 74.5 Å². The quantitative estimate of drug-likeness (QED) is 0.547. The van der Waals surface area contributed by atoms with E-state index in [4.69, 9.17) is 0 Å². The number of hydrogen-bond donors (Lipinski definition) is 1. The zero-order valence-corrected chi connectivity index (χ0v) is 21.1. The molecule has 1 saturated heterocycles. The predicted octanol–water partition coefficient (Wildman–Crippen LogP) is 4.32.